The molecule has 17 heavy (non-hydrogen) atoms. The van der Waals surface area contributed by atoms with E-state index < -0.39 is 0 Å². The van der Waals surface area contributed by atoms with Crippen LogP contribution in [0, 0.1) is 0 Å². The van der Waals surface area contributed by atoms with Gasteiger partial charge in [0.2, 0.25) is 0 Å². The molecule has 1 heterocycles. The number of imidazole rings is 1. The topological polar surface area (TPSA) is 28.7 Å². The highest BCUT2D eigenvalue weighted by atomic mass is 15.0. The van der Waals surface area contributed by atoms with Gasteiger partial charge in [-0.2, -0.15) is 0 Å². The fraction of sp³-hybridized carbons (Fsp3) is 0.800. The lowest BCUT2D eigenvalue weighted by molar-refractivity contribution is 0.655. The molecule has 0 bridgehead atoms. The van der Waals surface area contributed by atoms with Crippen LogP contribution in [0.4, 0.5) is 0 Å². The molecular weight excluding hydrogens is 208 g/mol. The summed E-state index contributed by atoms with van der Waals surface area (Å²) >= 11 is 0. The van der Waals surface area contributed by atoms with E-state index >= 15 is 0 Å². The van der Waals surface area contributed by atoms with Crippen LogP contribution in [0.5, 0.6) is 0 Å². The Morgan fingerprint density at radius 3 is 1.88 bits per heavy atom. The van der Waals surface area contributed by atoms with E-state index in [1.54, 1.807) is 0 Å². The summed E-state index contributed by atoms with van der Waals surface area (Å²) in [5.41, 5.74) is 2.68. The molecule has 0 saturated heterocycles. The third-order valence-electron chi connectivity index (χ3n) is 4.04. The van der Waals surface area contributed by atoms with Crippen molar-refractivity contribution in [2.24, 2.45) is 0 Å². The van der Waals surface area contributed by atoms with Crippen molar-refractivity contribution in [1.82, 2.24) is 9.97 Å². The molecule has 3 unspecified atom stereocenters. The maximum absolute atomic E-state index is 4.87. The first-order valence-electron chi connectivity index (χ1n) is 7.14. The Morgan fingerprint density at radius 1 is 0.882 bits per heavy atom. The highest BCUT2D eigenvalue weighted by Gasteiger charge is 2.20. The highest BCUT2D eigenvalue weighted by Crippen LogP contribution is 2.30. The van der Waals surface area contributed by atoms with Crippen LogP contribution in [0.3, 0.4) is 0 Å². The SMILES string of the molecule is CCC(C)c1nc(C(C)CC)c(C(C)CC)[nH]1. The number of hydrogen-bond acceptors (Lipinski definition) is 1. The zero-order valence-electron chi connectivity index (χ0n) is 12.3. The Balaban J connectivity index is 3.11. The number of nitrogens with one attached hydrogen (secondary N) is 1. The third kappa shape index (κ3) is 3.11. The van der Waals surface area contributed by atoms with Gasteiger partial charge < -0.3 is 4.98 Å². The molecule has 0 saturated carbocycles. The standard InChI is InChI=1S/C15H28N2/c1-7-10(4)13-14(11(5)8-2)17-15(16-13)12(6)9-3/h10-12H,7-9H2,1-6H3,(H,16,17). The quantitative estimate of drug-likeness (QED) is 0.743. The first kappa shape index (κ1) is 14.3. The summed E-state index contributed by atoms with van der Waals surface area (Å²) in [5, 5.41) is 0. The van der Waals surface area contributed by atoms with E-state index in [0.717, 1.165) is 12.8 Å². The molecule has 1 N–H and O–H groups in total. The molecule has 0 amide bonds. The number of H-pyrrole nitrogens is 1. The van der Waals surface area contributed by atoms with E-state index in [2.05, 4.69) is 46.5 Å². The maximum Gasteiger partial charge on any atom is 0.109 e. The number of rotatable bonds is 6. The Bertz CT molecular complexity index is 313. The Kier molecular flexibility index (Phi) is 5.23. The third-order valence-corrected chi connectivity index (χ3v) is 4.04. The van der Waals surface area contributed by atoms with Crippen molar-refractivity contribution in [3.8, 4) is 0 Å². The lowest BCUT2D eigenvalue weighted by atomic mass is 9.96. The summed E-state index contributed by atoms with van der Waals surface area (Å²) in [4.78, 5) is 8.45. The first-order valence-corrected chi connectivity index (χ1v) is 7.14. The Morgan fingerprint density at radius 2 is 1.41 bits per heavy atom. The minimum atomic E-state index is 0.538. The molecule has 0 radical (unpaired) electrons. The predicted molar refractivity (Wildman–Crippen MR) is 74.7 cm³/mol. The van der Waals surface area contributed by atoms with E-state index in [1.165, 1.54) is 23.6 Å². The summed E-state index contributed by atoms with van der Waals surface area (Å²) < 4.78 is 0. The number of aromatic amines is 1. The van der Waals surface area contributed by atoms with Crippen LogP contribution < -0.4 is 0 Å². The van der Waals surface area contributed by atoms with Crippen molar-refractivity contribution in [2.75, 3.05) is 0 Å². The molecule has 1 aromatic rings. The molecule has 98 valence electrons. The lowest BCUT2D eigenvalue weighted by Crippen LogP contribution is -2.01. The second-order valence-electron chi connectivity index (χ2n) is 5.35. The van der Waals surface area contributed by atoms with Gasteiger partial charge in [0.25, 0.3) is 0 Å². The molecule has 0 aromatic carbocycles. The molecular formula is C15H28N2. The largest absolute Gasteiger partial charge is 0.345 e. The number of aromatic nitrogens is 2. The van der Waals surface area contributed by atoms with Gasteiger partial charge in [0.1, 0.15) is 5.82 Å². The zero-order valence-corrected chi connectivity index (χ0v) is 12.3. The number of nitrogens with zero attached hydrogens (tertiary/aromatic N) is 1. The fourth-order valence-corrected chi connectivity index (χ4v) is 2.00. The molecule has 1 aromatic heterocycles. The van der Waals surface area contributed by atoms with Gasteiger partial charge in [-0.1, -0.05) is 41.5 Å². The van der Waals surface area contributed by atoms with Crippen molar-refractivity contribution in [3.05, 3.63) is 17.2 Å². The van der Waals surface area contributed by atoms with Crippen molar-refractivity contribution >= 4 is 0 Å². The molecule has 3 atom stereocenters. The minimum Gasteiger partial charge on any atom is -0.345 e. The summed E-state index contributed by atoms with van der Waals surface area (Å²) in [6.45, 7) is 13.5. The maximum atomic E-state index is 4.87. The summed E-state index contributed by atoms with van der Waals surface area (Å²) in [5.74, 6) is 2.87. The number of hydrogen-bond donors (Lipinski definition) is 1. The average Bonchev–Trinajstić information content (AvgIpc) is 2.80. The lowest BCUT2D eigenvalue weighted by Gasteiger charge is -2.12. The molecule has 0 aliphatic carbocycles. The Labute approximate surface area is 106 Å². The zero-order chi connectivity index (χ0) is 13.0. The van der Waals surface area contributed by atoms with Crippen LogP contribution in [0.15, 0.2) is 0 Å². The average molecular weight is 236 g/mol. The van der Waals surface area contributed by atoms with E-state index in [0.29, 0.717) is 17.8 Å². The molecule has 1 rings (SSSR count). The van der Waals surface area contributed by atoms with Gasteiger partial charge >= 0.3 is 0 Å². The van der Waals surface area contributed by atoms with Gasteiger partial charge in [-0.25, -0.2) is 4.98 Å². The second-order valence-corrected chi connectivity index (χ2v) is 5.35. The van der Waals surface area contributed by atoms with Crippen molar-refractivity contribution in [1.29, 1.82) is 0 Å². The molecule has 0 fully saturated rings. The van der Waals surface area contributed by atoms with Crippen molar-refractivity contribution in [3.63, 3.8) is 0 Å². The van der Waals surface area contributed by atoms with Gasteiger partial charge in [-0.3, -0.25) is 0 Å². The normalized spacial score (nSPS) is 16.8. The van der Waals surface area contributed by atoms with Gasteiger partial charge in [0.15, 0.2) is 0 Å². The van der Waals surface area contributed by atoms with E-state index in [1.807, 2.05) is 0 Å². The monoisotopic (exact) mass is 236 g/mol. The van der Waals surface area contributed by atoms with Crippen LogP contribution in [-0.4, -0.2) is 9.97 Å². The minimum absolute atomic E-state index is 0.538. The van der Waals surface area contributed by atoms with E-state index in [9.17, 15) is 0 Å². The predicted octanol–water partition coefficient (Wildman–Crippen LogP) is 4.95. The Hall–Kier alpha value is -0.790. The fourth-order valence-electron chi connectivity index (χ4n) is 2.00. The molecule has 2 nitrogen and oxygen atoms in total. The van der Waals surface area contributed by atoms with Crippen LogP contribution in [0.25, 0.3) is 0 Å². The molecule has 2 heteroatoms. The summed E-state index contributed by atoms with van der Waals surface area (Å²) in [6, 6.07) is 0. The van der Waals surface area contributed by atoms with Crippen molar-refractivity contribution < 1.29 is 0 Å². The summed E-state index contributed by atoms with van der Waals surface area (Å²) in [7, 11) is 0. The molecule has 0 aliphatic rings. The van der Waals surface area contributed by atoms with Crippen LogP contribution >= 0.6 is 0 Å². The first-order chi connectivity index (χ1) is 8.04. The van der Waals surface area contributed by atoms with Gasteiger partial charge in [0, 0.05) is 11.6 Å². The van der Waals surface area contributed by atoms with Gasteiger partial charge in [-0.15, -0.1) is 0 Å². The van der Waals surface area contributed by atoms with Crippen LogP contribution in [-0.2, 0) is 0 Å². The molecule has 0 aliphatic heterocycles. The van der Waals surface area contributed by atoms with Crippen LogP contribution in [0.1, 0.15) is 95.8 Å². The summed E-state index contributed by atoms with van der Waals surface area (Å²) in [6.07, 6.45) is 3.48. The van der Waals surface area contributed by atoms with E-state index in [-0.39, 0.29) is 0 Å². The van der Waals surface area contributed by atoms with Gasteiger partial charge in [0.05, 0.1) is 5.69 Å². The van der Waals surface area contributed by atoms with Gasteiger partial charge in [-0.05, 0) is 31.1 Å². The van der Waals surface area contributed by atoms with Crippen LogP contribution in [0.2, 0.25) is 0 Å². The van der Waals surface area contributed by atoms with Crippen molar-refractivity contribution in [2.45, 2.75) is 78.6 Å². The van der Waals surface area contributed by atoms with E-state index in [4.69, 9.17) is 4.98 Å². The molecule has 0 spiro atoms. The highest BCUT2D eigenvalue weighted by molar-refractivity contribution is 5.23. The second kappa shape index (κ2) is 6.23. The smallest absolute Gasteiger partial charge is 0.109 e.